The van der Waals surface area contributed by atoms with Crippen LogP contribution in [0.15, 0.2) is 47.1 Å². The smallest absolute Gasteiger partial charge is 0.213 e. The highest BCUT2D eigenvalue weighted by atomic mass is 16.5. The Balaban J connectivity index is 0.988. The second-order valence-electron chi connectivity index (χ2n) is 10.0. The fourth-order valence-corrected chi connectivity index (χ4v) is 5.69. The maximum absolute atomic E-state index is 9.69. The van der Waals surface area contributed by atoms with Crippen molar-refractivity contribution in [1.82, 2.24) is 19.9 Å². The monoisotopic (exact) mass is 463 g/mol. The third-order valence-corrected chi connectivity index (χ3v) is 7.58. The predicted molar refractivity (Wildman–Crippen MR) is 130 cm³/mol. The first-order valence-corrected chi connectivity index (χ1v) is 12.5. The zero-order valence-electron chi connectivity index (χ0n) is 19.6. The summed E-state index contributed by atoms with van der Waals surface area (Å²) in [4.78, 5) is 11.8. The fourth-order valence-electron chi connectivity index (χ4n) is 5.69. The lowest BCUT2D eigenvalue weighted by atomic mass is 9.91. The number of hydrogen-bond donors (Lipinski definition) is 1. The van der Waals surface area contributed by atoms with Gasteiger partial charge in [-0.15, -0.1) is 0 Å². The molecule has 0 bridgehead atoms. The molecular weight excluding hydrogens is 430 g/mol. The van der Waals surface area contributed by atoms with Crippen molar-refractivity contribution < 1.29 is 14.4 Å². The molecule has 1 unspecified atom stereocenters. The van der Waals surface area contributed by atoms with Gasteiger partial charge in [0.15, 0.2) is 11.4 Å². The number of rotatable bonds is 6. The van der Waals surface area contributed by atoms with Crippen LogP contribution in [0, 0.1) is 5.92 Å². The van der Waals surface area contributed by atoms with Crippen LogP contribution in [-0.2, 0) is 6.54 Å². The lowest BCUT2D eigenvalue weighted by Crippen LogP contribution is -2.57. The normalized spacial score (nSPS) is 26.1. The van der Waals surface area contributed by atoms with E-state index in [4.69, 9.17) is 9.26 Å². The number of anilines is 1. The first kappa shape index (κ1) is 21.8. The van der Waals surface area contributed by atoms with Crippen LogP contribution in [0.5, 0.6) is 5.88 Å². The zero-order valence-corrected chi connectivity index (χ0v) is 19.6. The van der Waals surface area contributed by atoms with E-state index < -0.39 is 0 Å². The number of aliphatic hydroxyl groups is 1. The number of hydrogen-bond acceptors (Lipinski definition) is 8. The average Bonchev–Trinajstić information content (AvgIpc) is 3.49. The topological polar surface area (TPSA) is 78.1 Å². The van der Waals surface area contributed by atoms with Gasteiger partial charge in [-0.05, 0) is 37.0 Å². The number of aromatic nitrogens is 2. The van der Waals surface area contributed by atoms with Gasteiger partial charge in [-0.1, -0.05) is 23.4 Å². The molecule has 180 valence electrons. The average molecular weight is 464 g/mol. The Morgan fingerprint density at radius 2 is 1.94 bits per heavy atom. The maximum atomic E-state index is 9.69. The molecule has 0 aliphatic carbocycles. The molecule has 3 aromatic rings. The summed E-state index contributed by atoms with van der Waals surface area (Å²) >= 11 is 0. The zero-order chi connectivity index (χ0) is 22.9. The molecule has 34 heavy (non-hydrogen) atoms. The number of nitrogens with zero attached hydrogens (tertiary/aromatic N) is 5. The molecule has 3 atom stereocenters. The van der Waals surface area contributed by atoms with E-state index in [1.807, 2.05) is 30.5 Å². The number of piperidine rings is 1. The third-order valence-electron chi connectivity index (χ3n) is 7.58. The number of pyridine rings is 1. The van der Waals surface area contributed by atoms with Crippen molar-refractivity contribution in [2.75, 3.05) is 50.8 Å². The molecule has 3 aliphatic rings. The highest BCUT2D eigenvalue weighted by Crippen LogP contribution is 2.31. The molecule has 6 rings (SSSR count). The van der Waals surface area contributed by atoms with Crippen molar-refractivity contribution in [3.8, 4) is 5.88 Å². The number of fused-ring (bicyclic) bond motifs is 2. The predicted octanol–water partition coefficient (Wildman–Crippen LogP) is 2.77. The molecule has 1 aromatic carbocycles. The van der Waals surface area contributed by atoms with Crippen molar-refractivity contribution in [1.29, 1.82) is 0 Å². The number of aliphatic hydroxyl groups excluding tert-OH is 1. The molecule has 8 heteroatoms. The van der Waals surface area contributed by atoms with E-state index >= 15 is 0 Å². The Morgan fingerprint density at radius 1 is 1.00 bits per heavy atom. The molecule has 8 nitrogen and oxygen atoms in total. The summed E-state index contributed by atoms with van der Waals surface area (Å²) in [6.45, 7) is 7.35. The molecular formula is C26H33N5O3. The molecule has 3 aliphatic heterocycles. The second kappa shape index (κ2) is 9.52. The Bertz CT molecular complexity index is 1100. The van der Waals surface area contributed by atoms with Crippen LogP contribution in [0.3, 0.4) is 0 Å². The Kier molecular flexibility index (Phi) is 6.11. The Hall–Kier alpha value is -2.68. The molecule has 0 radical (unpaired) electrons. The van der Waals surface area contributed by atoms with Crippen LogP contribution in [0.25, 0.3) is 11.0 Å². The fraction of sp³-hybridized carbons (Fsp3) is 0.538. The van der Waals surface area contributed by atoms with Gasteiger partial charge in [-0.2, -0.15) is 0 Å². The van der Waals surface area contributed by atoms with Crippen LogP contribution in [0.4, 0.5) is 5.82 Å². The summed E-state index contributed by atoms with van der Waals surface area (Å²) in [6.07, 6.45) is 4.93. The van der Waals surface area contributed by atoms with E-state index in [0.29, 0.717) is 24.4 Å². The van der Waals surface area contributed by atoms with E-state index in [2.05, 4.69) is 37.0 Å². The summed E-state index contributed by atoms with van der Waals surface area (Å²) in [5.74, 6) is 2.22. The lowest BCUT2D eigenvalue weighted by Gasteiger charge is -2.46. The van der Waals surface area contributed by atoms with Gasteiger partial charge in [-0.3, -0.25) is 9.80 Å². The van der Waals surface area contributed by atoms with Gasteiger partial charge >= 0.3 is 0 Å². The highest BCUT2D eigenvalue weighted by molar-refractivity contribution is 5.88. The SMILES string of the molecule is OC1CCN(Cc2ccc(OC[C@@H]3CC[C@H]4CN(c5noc6ccccc56)CCN4C3)nc2)C1. The van der Waals surface area contributed by atoms with E-state index in [0.717, 1.165) is 69.0 Å². The number of likely N-dealkylation sites (tertiary alicyclic amines) is 1. The van der Waals surface area contributed by atoms with Crippen molar-refractivity contribution >= 4 is 16.8 Å². The van der Waals surface area contributed by atoms with E-state index in [9.17, 15) is 5.11 Å². The molecule has 5 heterocycles. The largest absolute Gasteiger partial charge is 0.477 e. The van der Waals surface area contributed by atoms with Crippen LogP contribution in [0.1, 0.15) is 24.8 Å². The van der Waals surface area contributed by atoms with Gasteiger partial charge in [0, 0.05) is 70.0 Å². The summed E-state index contributed by atoms with van der Waals surface area (Å²) in [6, 6.07) is 12.7. The summed E-state index contributed by atoms with van der Waals surface area (Å²) in [7, 11) is 0. The van der Waals surface area contributed by atoms with Crippen molar-refractivity contribution in [3.05, 3.63) is 48.2 Å². The van der Waals surface area contributed by atoms with Gasteiger partial charge in [-0.25, -0.2) is 4.98 Å². The van der Waals surface area contributed by atoms with Crippen molar-refractivity contribution in [3.63, 3.8) is 0 Å². The summed E-state index contributed by atoms with van der Waals surface area (Å²) in [5, 5.41) is 15.2. The molecule has 0 spiro atoms. The molecule has 3 saturated heterocycles. The van der Waals surface area contributed by atoms with Gasteiger partial charge in [0.25, 0.3) is 0 Å². The number of ether oxygens (including phenoxy) is 1. The van der Waals surface area contributed by atoms with Crippen LogP contribution in [0.2, 0.25) is 0 Å². The van der Waals surface area contributed by atoms with Crippen LogP contribution >= 0.6 is 0 Å². The minimum absolute atomic E-state index is 0.184. The molecule has 2 aromatic heterocycles. The van der Waals surface area contributed by atoms with Crippen LogP contribution in [-0.4, -0.2) is 83.1 Å². The van der Waals surface area contributed by atoms with E-state index in [1.54, 1.807) is 0 Å². The molecule has 1 N–H and O–H groups in total. The Morgan fingerprint density at radius 3 is 2.79 bits per heavy atom. The van der Waals surface area contributed by atoms with Gasteiger partial charge in [0.05, 0.1) is 18.1 Å². The molecule has 0 amide bonds. The van der Waals surface area contributed by atoms with E-state index in [-0.39, 0.29) is 6.10 Å². The Labute approximate surface area is 200 Å². The number of β-amino-alcohol motifs (C(OH)–C–C–N with tert-alkyl or cyclic N) is 1. The minimum atomic E-state index is -0.184. The number of piperazine rings is 1. The van der Waals surface area contributed by atoms with Crippen molar-refractivity contribution in [2.24, 2.45) is 5.92 Å². The molecule has 3 fully saturated rings. The lowest BCUT2D eigenvalue weighted by molar-refractivity contribution is 0.0716. The highest BCUT2D eigenvalue weighted by Gasteiger charge is 2.34. The number of para-hydroxylation sites is 1. The maximum Gasteiger partial charge on any atom is 0.213 e. The first-order chi connectivity index (χ1) is 16.7. The van der Waals surface area contributed by atoms with E-state index in [1.165, 1.54) is 18.4 Å². The van der Waals surface area contributed by atoms with Gasteiger partial charge in [0.2, 0.25) is 5.88 Å². The quantitative estimate of drug-likeness (QED) is 0.598. The van der Waals surface area contributed by atoms with Gasteiger partial charge in [0.1, 0.15) is 0 Å². The number of benzene rings is 1. The summed E-state index contributed by atoms with van der Waals surface area (Å²) in [5.41, 5.74) is 2.02. The van der Waals surface area contributed by atoms with Gasteiger partial charge < -0.3 is 19.3 Å². The molecule has 0 saturated carbocycles. The minimum Gasteiger partial charge on any atom is -0.477 e. The van der Waals surface area contributed by atoms with Crippen LogP contribution < -0.4 is 9.64 Å². The third kappa shape index (κ3) is 4.62. The van der Waals surface area contributed by atoms with Crippen molar-refractivity contribution in [2.45, 2.75) is 38.0 Å². The summed E-state index contributed by atoms with van der Waals surface area (Å²) < 4.78 is 11.6. The standard InChI is InChI=1S/C26H33N5O3/c32-22-9-10-29(17-22)14-19-6-8-25(27-13-19)33-18-20-5-7-21-16-31(12-11-30(21)15-20)26-23-3-1-2-4-24(23)34-28-26/h1-4,6,8,13,20-22,32H,5,7,9-12,14-18H2/t20-,21+,22?/m1/s1. The first-order valence-electron chi connectivity index (χ1n) is 12.5. The second-order valence-corrected chi connectivity index (χ2v) is 10.0.